The average Bonchev–Trinajstić information content (AvgIpc) is 2.03. The van der Waals surface area contributed by atoms with Crippen molar-refractivity contribution in [3.05, 3.63) is 35.9 Å². The minimum Gasteiger partial charge on any atom is -0.393 e. The molecule has 0 spiro atoms. The molecule has 1 nitrogen and oxygen atoms in total. The van der Waals surface area contributed by atoms with Gasteiger partial charge in [-0.25, -0.2) is 0 Å². The Morgan fingerprint density at radius 2 is 1.83 bits per heavy atom. The maximum atomic E-state index is 9.01. The number of halogens is 1. The molecule has 0 aliphatic carbocycles. The Kier molecular flexibility index (Phi) is 5.77. The minimum atomic E-state index is -0.185. The number of hydrogen-bond donors (Lipinski definition) is 1. The molecule has 0 amide bonds. The summed E-state index contributed by atoms with van der Waals surface area (Å²) in [5, 5.41) is 9.01. The third-order valence-corrected chi connectivity index (χ3v) is 1.69. The van der Waals surface area contributed by atoms with Crippen molar-refractivity contribution in [2.45, 2.75) is 25.9 Å². The standard InChI is InChI=1S/C10H14O.ClH/c1-9(11)7-8-10-5-3-2-4-6-10;/h2-6,9,11H,7-8H2,1H3;1H. The molecule has 0 radical (unpaired) electrons. The lowest BCUT2D eigenvalue weighted by molar-refractivity contribution is 0.185. The van der Waals surface area contributed by atoms with E-state index in [4.69, 9.17) is 5.11 Å². The van der Waals surface area contributed by atoms with Crippen molar-refractivity contribution < 1.29 is 5.11 Å². The second-order valence-corrected chi connectivity index (χ2v) is 2.87. The first-order chi connectivity index (χ1) is 5.29. The summed E-state index contributed by atoms with van der Waals surface area (Å²) in [4.78, 5) is 0. The van der Waals surface area contributed by atoms with E-state index in [1.165, 1.54) is 5.56 Å². The van der Waals surface area contributed by atoms with Gasteiger partial charge in [-0.3, -0.25) is 0 Å². The first-order valence-corrected chi connectivity index (χ1v) is 4.01. The van der Waals surface area contributed by atoms with E-state index in [2.05, 4.69) is 12.1 Å². The third-order valence-electron chi connectivity index (χ3n) is 1.69. The van der Waals surface area contributed by atoms with Crippen LogP contribution in [0.1, 0.15) is 18.9 Å². The molecule has 1 N–H and O–H groups in total. The summed E-state index contributed by atoms with van der Waals surface area (Å²) in [7, 11) is 0. The molecular formula is C10H15ClO. The first kappa shape index (κ1) is 11.5. The highest BCUT2D eigenvalue weighted by molar-refractivity contribution is 5.85. The van der Waals surface area contributed by atoms with Crippen molar-refractivity contribution in [1.29, 1.82) is 0 Å². The summed E-state index contributed by atoms with van der Waals surface area (Å²) in [5.41, 5.74) is 1.30. The van der Waals surface area contributed by atoms with Crippen molar-refractivity contribution in [3.63, 3.8) is 0 Å². The molecule has 0 aliphatic rings. The molecule has 1 aromatic carbocycles. The highest BCUT2D eigenvalue weighted by Gasteiger charge is 1.95. The summed E-state index contributed by atoms with van der Waals surface area (Å²) >= 11 is 0. The van der Waals surface area contributed by atoms with Crippen LogP contribution in [0.5, 0.6) is 0 Å². The second kappa shape index (κ2) is 6.04. The first-order valence-electron chi connectivity index (χ1n) is 4.01. The normalized spacial score (nSPS) is 11.8. The van der Waals surface area contributed by atoms with E-state index >= 15 is 0 Å². The summed E-state index contributed by atoms with van der Waals surface area (Å²) in [6, 6.07) is 10.2. The molecule has 0 aliphatic heterocycles. The Labute approximate surface area is 79.8 Å². The van der Waals surface area contributed by atoms with E-state index in [9.17, 15) is 0 Å². The Hall–Kier alpha value is -0.530. The topological polar surface area (TPSA) is 20.2 Å². The maximum Gasteiger partial charge on any atom is 0.0515 e. The monoisotopic (exact) mass is 186 g/mol. The summed E-state index contributed by atoms with van der Waals surface area (Å²) < 4.78 is 0. The summed E-state index contributed by atoms with van der Waals surface area (Å²) in [6.45, 7) is 1.82. The number of aliphatic hydroxyl groups excluding tert-OH is 1. The molecule has 1 rings (SSSR count). The van der Waals surface area contributed by atoms with E-state index in [1.807, 2.05) is 25.1 Å². The van der Waals surface area contributed by atoms with E-state index in [-0.39, 0.29) is 18.5 Å². The van der Waals surface area contributed by atoms with E-state index in [0.717, 1.165) is 12.8 Å². The van der Waals surface area contributed by atoms with Gasteiger partial charge in [0, 0.05) is 0 Å². The van der Waals surface area contributed by atoms with E-state index < -0.39 is 0 Å². The van der Waals surface area contributed by atoms with Crippen molar-refractivity contribution >= 4 is 12.4 Å². The van der Waals surface area contributed by atoms with Crippen LogP contribution in [0, 0.1) is 0 Å². The molecule has 0 saturated heterocycles. The molecule has 0 heterocycles. The second-order valence-electron chi connectivity index (χ2n) is 2.87. The largest absolute Gasteiger partial charge is 0.393 e. The van der Waals surface area contributed by atoms with Gasteiger partial charge in [-0.1, -0.05) is 30.3 Å². The van der Waals surface area contributed by atoms with Gasteiger partial charge in [0.25, 0.3) is 0 Å². The van der Waals surface area contributed by atoms with Crippen LogP contribution in [0.15, 0.2) is 30.3 Å². The SMILES string of the molecule is CC(O)CCc1ccccc1.Cl. The van der Waals surface area contributed by atoms with Crippen LogP contribution in [0.4, 0.5) is 0 Å². The van der Waals surface area contributed by atoms with Crippen LogP contribution in [0.2, 0.25) is 0 Å². The molecule has 1 unspecified atom stereocenters. The molecule has 12 heavy (non-hydrogen) atoms. The number of rotatable bonds is 3. The van der Waals surface area contributed by atoms with Gasteiger partial charge < -0.3 is 5.11 Å². The van der Waals surface area contributed by atoms with Crippen molar-refractivity contribution in [2.75, 3.05) is 0 Å². The lowest BCUT2D eigenvalue weighted by atomic mass is 10.1. The van der Waals surface area contributed by atoms with Crippen LogP contribution in [0.3, 0.4) is 0 Å². The Morgan fingerprint density at radius 3 is 2.33 bits per heavy atom. The van der Waals surface area contributed by atoms with Gasteiger partial charge in [0.1, 0.15) is 0 Å². The highest BCUT2D eigenvalue weighted by atomic mass is 35.5. The lowest BCUT2D eigenvalue weighted by Gasteiger charge is -2.02. The quantitative estimate of drug-likeness (QED) is 0.769. The molecule has 2 heteroatoms. The summed E-state index contributed by atoms with van der Waals surface area (Å²) in [5.74, 6) is 0. The van der Waals surface area contributed by atoms with E-state index in [1.54, 1.807) is 0 Å². The number of hydrogen-bond acceptors (Lipinski definition) is 1. The fraction of sp³-hybridized carbons (Fsp3) is 0.400. The zero-order chi connectivity index (χ0) is 8.10. The van der Waals surface area contributed by atoms with Crippen molar-refractivity contribution in [2.24, 2.45) is 0 Å². The highest BCUT2D eigenvalue weighted by Crippen LogP contribution is 2.03. The predicted octanol–water partition coefficient (Wildman–Crippen LogP) is 2.42. The van der Waals surface area contributed by atoms with Crippen LogP contribution in [-0.4, -0.2) is 11.2 Å². The van der Waals surface area contributed by atoms with Gasteiger partial charge in [-0.2, -0.15) is 0 Å². The lowest BCUT2D eigenvalue weighted by Crippen LogP contribution is -2.00. The molecular weight excluding hydrogens is 172 g/mol. The van der Waals surface area contributed by atoms with Gasteiger partial charge in [-0.05, 0) is 25.3 Å². The molecule has 1 aromatic rings. The Balaban J connectivity index is 0.00000121. The van der Waals surface area contributed by atoms with Gasteiger partial charge in [-0.15, -0.1) is 12.4 Å². The van der Waals surface area contributed by atoms with E-state index in [0.29, 0.717) is 0 Å². The average molecular weight is 187 g/mol. The molecule has 1 atom stereocenters. The van der Waals surface area contributed by atoms with Gasteiger partial charge >= 0.3 is 0 Å². The van der Waals surface area contributed by atoms with Crippen molar-refractivity contribution in [1.82, 2.24) is 0 Å². The van der Waals surface area contributed by atoms with Crippen molar-refractivity contribution in [3.8, 4) is 0 Å². The summed E-state index contributed by atoms with van der Waals surface area (Å²) in [6.07, 6.45) is 1.64. The predicted molar refractivity (Wildman–Crippen MR) is 53.7 cm³/mol. The number of aryl methyl sites for hydroxylation is 1. The zero-order valence-electron chi connectivity index (χ0n) is 7.23. The zero-order valence-corrected chi connectivity index (χ0v) is 8.05. The molecule has 68 valence electrons. The molecule has 0 bridgehead atoms. The smallest absolute Gasteiger partial charge is 0.0515 e. The Bertz CT molecular complexity index is 196. The fourth-order valence-corrected chi connectivity index (χ4v) is 1.02. The van der Waals surface area contributed by atoms with Gasteiger partial charge in [0.15, 0.2) is 0 Å². The number of aliphatic hydroxyl groups is 1. The molecule has 0 aromatic heterocycles. The minimum absolute atomic E-state index is 0. The van der Waals surface area contributed by atoms with Crippen LogP contribution in [0.25, 0.3) is 0 Å². The van der Waals surface area contributed by atoms with Crippen LogP contribution in [-0.2, 0) is 6.42 Å². The molecule has 0 fully saturated rings. The number of benzene rings is 1. The Morgan fingerprint density at radius 1 is 1.25 bits per heavy atom. The van der Waals surface area contributed by atoms with Crippen LogP contribution < -0.4 is 0 Å². The van der Waals surface area contributed by atoms with Gasteiger partial charge in [0.2, 0.25) is 0 Å². The maximum absolute atomic E-state index is 9.01. The molecule has 0 saturated carbocycles. The van der Waals surface area contributed by atoms with Gasteiger partial charge in [0.05, 0.1) is 6.10 Å². The fourth-order valence-electron chi connectivity index (χ4n) is 1.02. The van der Waals surface area contributed by atoms with Crippen LogP contribution >= 0.6 is 12.4 Å². The third kappa shape index (κ3) is 4.37.